The first kappa shape index (κ1) is 15.8. The number of nitrogens with one attached hydrogen (secondary N) is 2. The number of fused-ring (bicyclic) bond motifs is 1. The molecule has 114 valence electrons. The van der Waals surface area contributed by atoms with Crippen molar-refractivity contribution in [3.63, 3.8) is 0 Å². The zero-order valence-corrected chi connectivity index (χ0v) is 12.6. The molecule has 2 heterocycles. The molecule has 0 unspecified atom stereocenters. The molecule has 21 heavy (non-hydrogen) atoms. The lowest BCUT2D eigenvalue weighted by Crippen LogP contribution is -2.46. The van der Waals surface area contributed by atoms with E-state index in [1.807, 2.05) is 24.3 Å². The molecule has 1 aliphatic rings. The van der Waals surface area contributed by atoms with Gasteiger partial charge < -0.3 is 15.1 Å². The van der Waals surface area contributed by atoms with Gasteiger partial charge in [-0.25, -0.2) is 0 Å². The SMILES string of the molecule is Cl.O=C(NCCN1CCNCC1)c1coc2ccccc12. The average molecular weight is 310 g/mol. The Morgan fingerprint density at radius 2 is 2.05 bits per heavy atom. The van der Waals surface area contributed by atoms with Crippen LogP contribution in [0.5, 0.6) is 0 Å². The van der Waals surface area contributed by atoms with Crippen LogP contribution in [-0.2, 0) is 0 Å². The Kier molecular flexibility index (Phi) is 5.61. The Bertz CT molecular complexity index is 593. The highest BCUT2D eigenvalue weighted by Gasteiger charge is 2.14. The summed E-state index contributed by atoms with van der Waals surface area (Å²) in [6.07, 6.45) is 1.53. The Balaban J connectivity index is 0.00000161. The van der Waals surface area contributed by atoms with Gasteiger partial charge in [0, 0.05) is 44.7 Å². The van der Waals surface area contributed by atoms with E-state index in [4.69, 9.17) is 4.42 Å². The minimum absolute atomic E-state index is 0. The van der Waals surface area contributed by atoms with Crippen LogP contribution in [0.3, 0.4) is 0 Å². The van der Waals surface area contributed by atoms with Crippen molar-refractivity contribution in [2.45, 2.75) is 0 Å². The first-order valence-electron chi connectivity index (χ1n) is 7.02. The Labute approximate surface area is 130 Å². The predicted octanol–water partition coefficient (Wildman–Crippen LogP) is 1.49. The van der Waals surface area contributed by atoms with Gasteiger partial charge in [-0.15, -0.1) is 12.4 Å². The van der Waals surface area contributed by atoms with Crippen molar-refractivity contribution < 1.29 is 9.21 Å². The summed E-state index contributed by atoms with van der Waals surface area (Å²) in [5, 5.41) is 7.15. The van der Waals surface area contributed by atoms with Gasteiger partial charge in [-0.1, -0.05) is 18.2 Å². The van der Waals surface area contributed by atoms with Crippen LogP contribution < -0.4 is 10.6 Å². The van der Waals surface area contributed by atoms with Gasteiger partial charge in [0.2, 0.25) is 0 Å². The highest BCUT2D eigenvalue weighted by molar-refractivity contribution is 6.05. The molecule has 1 saturated heterocycles. The van der Waals surface area contributed by atoms with Gasteiger partial charge in [0.25, 0.3) is 5.91 Å². The second-order valence-electron chi connectivity index (χ2n) is 4.99. The van der Waals surface area contributed by atoms with E-state index in [9.17, 15) is 4.79 Å². The summed E-state index contributed by atoms with van der Waals surface area (Å²) < 4.78 is 5.39. The summed E-state index contributed by atoms with van der Waals surface area (Å²) in [5.41, 5.74) is 1.36. The topological polar surface area (TPSA) is 57.5 Å². The van der Waals surface area contributed by atoms with E-state index in [1.54, 1.807) is 0 Å². The Hall–Kier alpha value is -1.56. The van der Waals surface area contributed by atoms with E-state index in [0.29, 0.717) is 12.1 Å². The molecule has 2 aromatic rings. The molecule has 0 aliphatic carbocycles. The fourth-order valence-corrected chi connectivity index (χ4v) is 2.51. The molecule has 3 rings (SSSR count). The molecule has 0 atom stereocenters. The third-order valence-electron chi connectivity index (χ3n) is 3.65. The minimum Gasteiger partial charge on any atom is -0.463 e. The van der Waals surface area contributed by atoms with E-state index >= 15 is 0 Å². The molecule has 0 spiro atoms. The number of carbonyl (C=O) groups is 1. The predicted molar refractivity (Wildman–Crippen MR) is 85.1 cm³/mol. The van der Waals surface area contributed by atoms with Crippen LogP contribution in [-0.4, -0.2) is 50.1 Å². The molecule has 0 saturated carbocycles. The van der Waals surface area contributed by atoms with Gasteiger partial charge >= 0.3 is 0 Å². The largest absolute Gasteiger partial charge is 0.463 e. The van der Waals surface area contributed by atoms with Gasteiger partial charge in [0.15, 0.2) is 0 Å². The fourth-order valence-electron chi connectivity index (χ4n) is 2.51. The van der Waals surface area contributed by atoms with Gasteiger partial charge in [-0.2, -0.15) is 0 Å². The van der Waals surface area contributed by atoms with Crippen molar-refractivity contribution in [3.8, 4) is 0 Å². The number of amides is 1. The third kappa shape index (κ3) is 3.75. The molecular formula is C15H20ClN3O2. The average Bonchev–Trinajstić information content (AvgIpc) is 2.92. The number of hydrogen-bond acceptors (Lipinski definition) is 4. The zero-order chi connectivity index (χ0) is 13.8. The summed E-state index contributed by atoms with van der Waals surface area (Å²) in [7, 11) is 0. The van der Waals surface area contributed by atoms with Gasteiger partial charge in [-0.05, 0) is 6.07 Å². The van der Waals surface area contributed by atoms with Crippen LogP contribution in [0.15, 0.2) is 34.9 Å². The number of benzene rings is 1. The molecule has 6 heteroatoms. The first-order chi connectivity index (χ1) is 9.84. The number of furan rings is 1. The normalized spacial score (nSPS) is 15.6. The molecule has 1 aromatic heterocycles. The van der Waals surface area contributed by atoms with Crippen LogP contribution in [0.25, 0.3) is 11.0 Å². The number of carbonyl (C=O) groups excluding carboxylic acids is 1. The maximum Gasteiger partial charge on any atom is 0.255 e. The van der Waals surface area contributed by atoms with Crippen molar-refractivity contribution in [2.75, 3.05) is 39.3 Å². The standard InChI is InChI=1S/C15H19N3O2.ClH/c19-15(17-7-10-18-8-5-16-6-9-18)13-11-20-14-4-2-1-3-12(13)14;/h1-4,11,16H,5-10H2,(H,17,19);1H. The molecule has 1 aliphatic heterocycles. The first-order valence-corrected chi connectivity index (χ1v) is 7.02. The van der Waals surface area contributed by atoms with Crippen molar-refractivity contribution >= 4 is 29.3 Å². The molecule has 2 N–H and O–H groups in total. The lowest BCUT2D eigenvalue weighted by molar-refractivity contribution is 0.0948. The maximum atomic E-state index is 12.2. The van der Waals surface area contributed by atoms with Crippen molar-refractivity contribution in [2.24, 2.45) is 0 Å². The summed E-state index contributed by atoms with van der Waals surface area (Å²) >= 11 is 0. The minimum atomic E-state index is -0.0647. The lowest BCUT2D eigenvalue weighted by Gasteiger charge is -2.27. The van der Waals surface area contributed by atoms with Crippen LogP contribution >= 0.6 is 12.4 Å². The lowest BCUT2D eigenvalue weighted by atomic mass is 10.1. The van der Waals surface area contributed by atoms with Crippen LogP contribution in [0.2, 0.25) is 0 Å². The maximum absolute atomic E-state index is 12.2. The van der Waals surface area contributed by atoms with Crippen LogP contribution in [0, 0.1) is 0 Å². The van der Waals surface area contributed by atoms with E-state index in [1.165, 1.54) is 6.26 Å². The molecule has 0 radical (unpaired) electrons. The highest BCUT2D eigenvalue weighted by Crippen LogP contribution is 2.20. The molecule has 1 amide bonds. The van der Waals surface area contributed by atoms with Gasteiger partial charge in [0.05, 0.1) is 5.56 Å². The fraction of sp³-hybridized carbons (Fsp3) is 0.400. The Morgan fingerprint density at radius 1 is 1.29 bits per heavy atom. The van der Waals surface area contributed by atoms with E-state index in [-0.39, 0.29) is 18.3 Å². The van der Waals surface area contributed by atoms with Crippen LogP contribution in [0.1, 0.15) is 10.4 Å². The molecule has 5 nitrogen and oxygen atoms in total. The number of nitrogens with zero attached hydrogens (tertiary/aromatic N) is 1. The van der Waals surface area contributed by atoms with Crippen LogP contribution in [0.4, 0.5) is 0 Å². The molecule has 1 aromatic carbocycles. The van der Waals surface area contributed by atoms with Crippen molar-refractivity contribution in [1.29, 1.82) is 0 Å². The van der Waals surface area contributed by atoms with Crippen molar-refractivity contribution in [3.05, 3.63) is 36.1 Å². The molecule has 0 bridgehead atoms. The Morgan fingerprint density at radius 3 is 2.86 bits per heavy atom. The second kappa shape index (κ2) is 7.45. The van der Waals surface area contributed by atoms with E-state index in [2.05, 4.69) is 15.5 Å². The number of hydrogen-bond donors (Lipinski definition) is 2. The van der Waals surface area contributed by atoms with E-state index < -0.39 is 0 Å². The van der Waals surface area contributed by atoms with Gasteiger partial charge in [0.1, 0.15) is 11.8 Å². The molecule has 1 fully saturated rings. The smallest absolute Gasteiger partial charge is 0.255 e. The zero-order valence-electron chi connectivity index (χ0n) is 11.8. The summed E-state index contributed by atoms with van der Waals surface area (Å²) in [6, 6.07) is 7.59. The van der Waals surface area contributed by atoms with Crippen molar-refractivity contribution in [1.82, 2.24) is 15.5 Å². The van der Waals surface area contributed by atoms with E-state index in [0.717, 1.165) is 43.7 Å². The highest BCUT2D eigenvalue weighted by atomic mass is 35.5. The number of para-hydroxylation sites is 1. The second-order valence-corrected chi connectivity index (χ2v) is 4.99. The molecular weight excluding hydrogens is 290 g/mol. The number of piperazine rings is 1. The third-order valence-corrected chi connectivity index (χ3v) is 3.65. The summed E-state index contributed by atoms with van der Waals surface area (Å²) in [5.74, 6) is -0.0647. The summed E-state index contributed by atoms with van der Waals surface area (Å²) in [4.78, 5) is 14.5. The number of rotatable bonds is 4. The summed E-state index contributed by atoms with van der Waals surface area (Å²) in [6.45, 7) is 5.71. The quantitative estimate of drug-likeness (QED) is 0.898. The van der Waals surface area contributed by atoms with Gasteiger partial charge in [-0.3, -0.25) is 9.69 Å². The number of halogens is 1. The monoisotopic (exact) mass is 309 g/mol.